The van der Waals surface area contributed by atoms with Gasteiger partial charge in [0.15, 0.2) is 0 Å². The lowest BCUT2D eigenvalue weighted by Crippen LogP contribution is -1.95. The zero-order valence-electron chi connectivity index (χ0n) is 15.6. The monoisotopic (exact) mass is 350 g/mol. The second kappa shape index (κ2) is 7.82. The molecule has 0 unspecified atom stereocenters. The zero-order chi connectivity index (χ0) is 18.7. The Morgan fingerprint density at radius 2 is 1.42 bits per heavy atom. The highest BCUT2D eigenvalue weighted by Crippen LogP contribution is 2.31. The predicted molar refractivity (Wildman–Crippen MR) is 105 cm³/mol. The second-order valence-electron chi connectivity index (χ2n) is 6.71. The molecule has 0 aliphatic heterocycles. The van der Waals surface area contributed by atoms with Crippen LogP contribution in [0, 0.1) is 18.6 Å². The summed E-state index contributed by atoms with van der Waals surface area (Å²) in [7, 11) is 0. The van der Waals surface area contributed by atoms with E-state index >= 15 is 0 Å². The Balaban J connectivity index is 1.96. The maximum absolute atomic E-state index is 14.7. The van der Waals surface area contributed by atoms with E-state index in [2.05, 4.69) is 6.92 Å². The molecular formula is C24H24F2. The highest BCUT2D eigenvalue weighted by atomic mass is 19.1. The molecule has 2 heteroatoms. The van der Waals surface area contributed by atoms with Gasteiger partial charge in [-0.05, 0) is 53.6 Å². The fourth-order valence-electron chi connectivity index (χ4n) is 3.39. The van der Waals surface area contributed by atoms with Gasteiger partial charge in [-0.2, -0.15) is 0 Å². The molecule has 0 amide bonds. The lowest BCUT2D eigenvalue weighted by atomic mass is 9.95. The third kappa shape index (κ3) is 3.55. The highest BCUT2D eigenvalue weighted by Gasteiger charge is 2.13. The van der Waals surface area contributed by atoms with Gasteiger partial charge in [0.25, 0.3) is 0 Å². The van der Waals surface area contributed by atoms with Crippen molar-refractivity contribution in [1.29, 1.82) is 0 Å². The van der Waals surface area contributed by atoms with E-state index in [1.54, 1.807) is 25.1 Å². The molecule has 0 saturated carbocycles. The average molecular weight is 350 g/mol. The maximum atomic E-state index is 14.7. The Bertz CT molecular complexity index is 908. The van der Waals surface area contributed by atoms with Crippen molar-refractivity contribution in [2.24, 2.45) is 0 Å². The van der Waals surface area contributed by atoms with Gasteiger partial charge >= 0.3 is 0 Å². The van der Waals surface area contributed by atoms with Crippen LogP contribution in [0.5, 0.6) is 0 Å². The van der Waals surface area contributed by atoms with Gasteiger partial charge in [0.1, 0.15) is 11.6 Å². The van der Waals surface area contributed by atoms with Gasteiger partial charge in [-0.25, -0.2) is 8.78 Å². The minimum atomic E-state index is -0.331. The molecule has 3 aromatic rings. The summed E-state index contributed by atoms with van der Waals surface area (Å²) in [5, 5.41) is 0. The Labute approximate surface area is 154 Å². The summed E-state index contributed by atoms with van der Waals surface area (Å²) in [5.74, 6) is -0.595. The Morgan fingerprint density at radius 1 is 0.769 bits per heavy atom. The Morgan fingerprint density at radius 3 is 2.04 bits per heavy atom. The van der Waals surface area contributed by atoms with E-state index in [4.69, 9.17) is 0 Å². The quantitative estimate of drug-likeness (QED) is 0.459. The van der Waals surface area contributed by atoms with Crippen LogP contribution in [-0.2, 0) is 12.8 Å². The minimum absolute atomic E-state index is 0.264. The number of benzene rings is 3. The van der Waals surface area contributed by atoms with Crippen molar-refractivity contribution in [2.45, 2.75) is 40.0 Å². The summed E-state index contributed by atoms with van der Waals surface area (Å²) in [6.07, 6.45) is 2.89. The molecule has 0 aliphatic rings. The first-order chi connectivity index (χ1) is 12.5. The van der Waals surface area contributed by atoms with Crippen LogP contribution in [0.15, 0.2) is 54.6 Å². The fraction of sp³-hybridized carbons (Fsp3) is 0.250. The molecule has 134 valence electrons. The molecule has 0 saturated heterocycles. The minimum Gasteiger partial charge on any atom is -0.206 e. The second-order valence-corrected chi connectivity index (χ2v) is 6.71. The number of aryl methyl sites for hydroxylation is 2. The van der Waals surface area contributed by atoms with Crippen molar-refractivity contribution in [3.8, 4) is 22.3 Å². The summed E-state index contributed by atoms with van der Waals surface area (Å²) in [5.41, 5.74) is 5.27. The highest BCUT2D eigenvalue weighted by molar-refractivity contribution is 5.72. The Hall–Kier alpha value is -2.48. The van der Waals surface area contributed by atoms with Gasteiger partial charge < -0.3 is 0 Å². The summed E-state index contributed by atoms with van der Waals surface area (Å²) in [6.45, 7) is 5.92. The summed E-state index contributed by atoms with van der Waals surface area (Å²) >= 11 is 0. The van der Waals surface area contributed by atoms with E-state index in [9.17, 15) is 8.78 Å². The van der Waals surface area contributed by atoms with E-state index in [0.29, 0.717) is 22.3 Å². The first kappa shape index (κ1) is 18.3. The number of hydrogen-bond donors (Lipinski definition) is 0. The molecule has 0 radical (unpaired) electrons. The smallest absolute Gasteiger partial charge is 0.134 e. The fourth-order valence-corrected chi connectivity index (χ4v) is 3.39. The molecule has 0 spiro atoms. The van der Waals surface area contributed by atoms with E-state index in [1.807, 2.05) is 37.3 Å². The van der Waals surface area contributed by atoms with E-state index in [0.717, 1.165) is 30.4 Å². The van der Waals surface area contributed by atoms with Gasteiger partial charge in [-0.3, -0.25) is 0 Å². The Kier molecular flexibility index (Phi) is 5.51. The zero-order valence-corrected chi connectivity index (χ0v) is 15.6. The summed E-state index contributed by atoms with van der Waals surface area (Å²) in [4.78, 5) is 0. The van der Waals surface area contributed by atoms with Crippen LogP contribution in [0.25, 0.3) is 22.3 Å². The maximum Gasteiger partial charge on any atom is 0.134 e. The van der Waals surface area contributed by atoms with Gasteiger partial charge in [0.2, 0.25) is 0 Å². The first-order valence-electron chi connectivity index (χ1n) is 9.22. The van der Waals surface area contributed by atoms with Crippen molar-refractivity contribution in [3.05, 3.63) is 82.9 Å². The van der Waals surface area contributed by atoms with Crippen LogP contribution in [0.4, 0.5) is 8.78 Å². The largest absolute Gasteiger partial charge is 0.206 e. The van der Waals surface area contributed by atoms with Gasteiger partial charge in [-0.1, -0.05) is 68.8 Å². The number of hydrogen-bond acceptors (Lipinski definition) is 0. The van der Waals surface area contributed by atoms with Crippen LogP contribution < -0.4 is 0 Å². The van der Waals surface area contributed by atoms with Crippen molar-refractivity contribution < 1.29 is 8.78 Å². The third-order valence-corrected chi connectivity index (χ3v) is 4.96. The van der Waals surface area contributed by atoms with E-state index in [1.165, 1.54) is 11.6 Å². The van der Waals surface area contributed by atoms with Crippen LogP contribution in [0.1, 0.15) is 37.0 Å². The van der Waals surface area contributed by atoms with Crippen LogP contribution >= 0.6 is 0 Å². The van der Waals surface area contributed by atoms with Crippen LogP contribution in [0.3, 0.4) is 0 Å². The van der Waals surface area contributed by atoms with Crippen molar-refractivity contribution >= 4 is 0 Å². The van der Waals surface area contributed by atoms with E-state index < -0.39 is 0 Å². The SMILES string of the molecule is CCCc1ccc(-c2ccc(-c3ccc(CC)c(C)c3F)cc2F)cc1. The molecular weight excluding hydrogens is 326 g/mol. The normalized spacial score (nSPS) is 11.0. The van der Waals surface area contributed by atoms with Gasteiger partial charge in [-0.15, -0.1) is 0 Å². The molecule has 0 fully saturated rings. The molecule has 0 bridgehead atoms. The molecule has 3 rings (SSSR count). The third-order valence-electron chi connectivity index (χ3n) is 4.96. The average Bonchev–Trinajstić information content (AvgIpc) is 2.65. The topological polar surface area (TPSA) is 0 Å². The number of rotatable bonds is 5. The van der Waals surface area contributed by atoms with E-state index in [-0.39, 0.29) is 11.6 Å². The first-order valence-corrected chi connectivity index (χ1v) is 9.22. The molecule has 3 aromatic carbocycles. The lowest BCUT2D eigenvalue weighted by Gasteiger charge is -2.12. The molecule has 0 atom stereocenters. The molecule has 0 heterocycles. The molecule has 0 aromatic heterocycles. The van der Waals surface area contributed by atoms with Crippen LogP contribution in [-0.4, -0.2) is 0 Å². The molecule has 0 N–H and O–H groups in total. The van der Waals surface area contributed by atoms with Gasteiger partial charge in [0.05, 0.1) is 0 Å². The number of halogens is 2. The molecule has 26 heavy (non-hydrogen) atoms. The standard InChI is InChI=1S/C24H24F2/c1-4-6-17-7-9-19(10-8-17)21-13-12-20(15-23(21)25)22-14-11-18(5-2)16(3)24(22)26/h7-15H,4-6H2,1-3H3. The predicted octanol–water partition coefficient (Wildman–Crippen LogP) is 7.12. The van der Waals surface area contributed by atoms with Crippen LogP contribution in [0.2, 0.25) is 0 Å². The summed E-state index contributed by atoms with van der Waals surface area (Å²) < 4.78 is 29.4. The van der Waals surface area contributed by atoms with Crippen molar-refractivity contribution in [1.82, 2.24) is 0 Å². The lowest BCUT2D eigenvalue weighted by molar-refractivity contribution is 0.617. The molecule has 0 nitrogen and oxygen atoms in total. The van der Waals surface area contributed by atoms with Gasteiger partial charge in [0, 0.05) is 11.1 Å². The van der Waals surface area contributed by atoms with Crippen molar-refractivity contribution in [3.63, 3.8) is 0 Å². The van der Waals surface area contributed by atoms with Crippen molar-refractivity contribution in [2.75, 3.05) is 0 Å². The summed E-state index contributed by atoms with van der Waals surface area (Å²) in [6, 6.07) is 16.6. The molecule has 0 aliphatic carbocycles.